The van der Waals surface area contributed by atoms with E-state index in [1.807, 2.05) is 0 Å². The minimum Gasteiger partial charge on any atom is -0.550 e. The molecule has 1 aliphatic rings. The molecular formula is C17H33N3O2. The summed E-state index contributed by atoms with van der Waals surface area (Å²) < 4.78 is 2.19. The maximum absolute atomic E-state index is 11.0. The summed E-state index contributed by atoms with van der Waals surface area (Å²) in [5.74, 6) is 0.0815. The van der Waals surface area contributed by atoms with Crippen molar-refractivity contribution in [2.45, 2.75) is 52.4 Å². The first-order valence-electron chi connectivity index (χ1n) is 8.76. The fourth-order valence-electron chi connectivity index (χ4n) is 3.09. The van der Waals surface area contributed by atoms with Gasteiger partial charge in [0, 0.05) is 11.9 Å². The van der Waals surface area contributed by atoms with Crippen LogP contribution in [-0.2, 0) is 4.79 Å². The highest BCUT2D eigenvalue weighted by Crippen LogP contribution is 2.18. The summed E-state index contributed by atoms with van der Waals surface area (Å²) in [4.78, 5) is 15.9. The summed E-state index contributed by atoms with van der Waals surface area (Å²) in [7, 11) is 4.18. The van der Waals surface area contributed by atoms with Gasteiger partial charge in [0.05, 0.1) is 40.3 Å². The Labute approximate surface area is 135 Å². The smallest absolute Gasteiger partial charge is 0.350 e. The van der Waals surface area contributed by atoms with Crippen LogP contribution in [0.15, 0.2) is 0 Å². The zero-order valence-corrected chi connectivity index (χ0v) is 14.8. The third kappa shape index (κ3) is 5.50. The van der Waals surface area contributed by atoms with Crippen molar-refractivity contribution in [3.63, 3.8) is 0 Å². The van der Waals surface area contributed by atoms with Gasteiger partial charge in [0.2, 0.25) is 0 Å². The van der Waals surface area contributed by atoms with Crippen molar-refractivity contribution in [2.24, 2.45) is 5.92 Å². The molecule has 0 radical (unpaired) electrons. The average molecular weight is 311 g/mol. The number of nitrogens with zero attached hydrogens (tertiary/aromatic N) is 3. The molecule has 0 bridgehead atoms. The number of rotatable bonds is 7. The third-order valence-corrected chi connectivity index (χ3v) is 4.36. The van der Waals surface area contributed by atoms with Gasteiger partial charge in [-0.3, -0.25) is 14.4 Å². The van der Waals surface area contributed by atoms with Crippen LogP contribution >= 0.6 is 0 Å². The van der Waals surface area contributed by atoms with Gasteiger partial charge in [0.15, 0.2) is 0 Å². The van der Waals surface area contributed by atoms with Gasteiger partial charge in [0.1, 0.15) is 0 Å². The van der Waals surface area contributed by atoms with Crippen molar-refractivity contribution in [3.05, 3.63) is 0 Å². The van der Waals surface area contributed by atoms with Gasteiger partial charge in [-0.25, -0.2) is 0 Å². The molecule has 0 aromatic heterocycles. The molecule has 0 aliphatic carbocycles. The zero-order valence-electron chi connectivity index (χ0n) is 14.8. The van der Waals surface area contributed by atoms with Gasteiger partial charge < -0.3 is 9.90 Å². The van der Waals surface area contributed by atoms with E-state index < -0.39 is 5.97 Å². The molecule has 1 aliphatic heterocycles. The zero-order chi connectivity index (χ0) is 16.5. The number of likely N-dealkylation sites (tertiary alicyclic amines) is 1. The first-order chi connectivity index (χ1) is 10.5. The molecule has 0 amide bonds. The second kappa shape index (κ2) is 9.70. The third-order valence-electron chi connectivity index (χ3n) is 4.36. The molecule has 5 heteroatoms. The van der Waals surface area contributed by atoms with Crippen LogP contribution in [-0.4, -0.2) is 66.6 Å². The Morgan fingerprint density at radius 2 is 1.64 bits per heavy atom. The second-order valence-electron chi connectivity index (χ2n) is 6.47. The van der Waals surface area contributed by atoms with Crippen LogP contribution in [0.3, 0.4) is 0 Å². The predicted molar refractivity (Wildman–Crippen MR) is 87.8 cm³/mol. The summed E-state index contributed by atoms with van der Waals surface area (Å²) in [5, 5.41) is 11.0. The lowest BCUT2D eigenvalue weighted by Crippen LogP contribution is -2.53. The summed E-state index contributed by atoms with van der Waals surface area (Å²) in [6, 6.07) is 0. The van der Waals surface area contributed by atoms with Crippen molar-refractivity contribution in [1.29, 1.82) is 0 Å². The lowest BCUT2D eigenvalue weighted by atomic mass is 9.97. The van der Waals surface area contributed by atoms with E-state index in [-0.39, 0.29) is 5.92 Å². The van der Waals surface area contributed by atoms with Crippen molar-refractivity contribution in [2.75, 3.05) is 40.3 Å². The topological polar surface area (TPSA) is 49.6 Å². The van der Waals surface area contributed by atoms with Crippen molar-refractivity contribution in [1.82, 2.24) is 9.80 Å². The predicted octanol–water partition coefficient (Wildman–Crippen LogP) is 0.979. The van der Waals surface area contributed by atoms with Gasteiger partial charge in [-0.2, -0.15) is 0 Å². The van der Waals surface area contributed by atoms with Crippen LogP contribution < -0.4 is 5.11 Å². The Morgan fingerprint density at radius 3 is 2.00 bits per heavy atom. The van der Waals surface area contributed by atoms with E-state index in [4.69, 9.17) is 0 Å². The molecule has 128 valence electrons. The fourth-order valence-corrected chi connectivity index (χ4v) is 3.09. The van der Waals surface area contributed by atoms with Gasteiger partial charge in [-0.1, -0.05) is 26.7 Å². The monoisotopic (exact) mass is 311 g/mol. The Morgan fingerprint density at radius 1 is 1.14 bits per heavy atom. The lowest BCUT2D eigenvalue weighted by Gasteiger charge is -2.34. The molecule has 1 heterocycles. The van der Waals surface area contributed by atoms with Crippen LogP contribution in [0.1, 0.15) is 52.4 Å². The molecule has 0 N–H and O–H groups in total. The molecule has 1 saturated heterocycles. The van der Waals surface area contributed by atoms with Crippen molar-refractivity contribution in [3.8, 4) is 0 Å². The lowest BCUT2D eigenvalue weighted by molar-refractivity contribution is -0.476. The van der Waals surface area contributed by atoms with E-state index in [1.54, 1.807) is 0 Å². The van der Waals surface area contributed by atoms with E-state index in [1.165, 1.54) is 31.6 Å². The number of carboxylic acid groups (broad SMARTS) is 1. The summed E-state index contributed by atoms with van der Waals surface area (Å²) in [5.41, 5.74) is 0. The highest BCUT2D eigenvalue weighted by atomic mass is 16.4. The maximum Gasteiger partial charge on any atom is 0.350 e. The number of guanidine groups is 1. The SMILES string of the molecule is CCCCN(CCCC)C(N1CCC(C(=O)[O-])CC1)=[N+](C)C. The number of carbonyl (C=O) groups excluding carboxylic acids is 1. The Bertz CT molecular complexity index is 362. The van der Waals surface area contributed by atoms with Gasteiger partial charge >= 0.3 is 5.96 Å². The molecule has 0 atom stereocenters. The van der Waals surface area contributed by atoms with Crippen molar-refractivity contribution >= 4 is 11.9 Å². The number of hydrogen-bond donors (Lipinski definition) is 0. The molecule has 0 spiro atoms. The Balaban J connectivity index is 2.78. The molecule has 22 heavy (non-hydrogen) atoms. The summed E-state index contributed by atoms with van der Waals surface area (Å²) in [6.45, 7) is 8.20. The van der Waals surface area contributed by atoms with E-state index in [0.717, 1.165) is 26.2 Å². The van der Waals surface area contributed by atoms with E-state index in [0.29, 0.717) is 12.8 Å². The van der Waals surface area contributed by atoms with Crippen LogP contribution in [0.5, 0.6) is 0 Å². The molecule has 1 rings (SSSR count). The Hall–Kier alpha value is -1.26. The van der Waals surface area contributed by atoms with Crippen molar-refractivity contribution < 1.29 is 14.5 Å². The average Bonchev–Trinajstić information content (AvgIpc) is 2.49. The highest BCUT2D eigenvalue weighted by molar-refractivity contribution is 5.76. The van der Waals surface area contributed by atoms with Gasteiger partial charge in [-0.05, 0) is 25.7 Å². The van der Waals surface area contributed by atoms with Crippen LogP contribution in [0, 0.1) is 5.92 Å². The van der Waals surface area contributed by atoms with E-state index in [2.05, 4.69) is 42.3 Å². The number of unbranched alkanes of at least 4 members (excludes halogenated alkanes) is 2. The number of aliphatic carboxylic acids is 1. The van der Waals surface area contributed by atoms with E-state index >= 15 is 0 Å². The maximum atomic E-state index is 11.0. The standard InChI is InChI=1S/C17H33N3O2/c1-5-7-11-19(12-8-6-2)17(18(3)4)20-13-9-15(10-14-20)16(21)22/h15H,5-14H2,1-4H3. The van der Waals surface area contributed by atoms with Gasteiger partial charge in [0.25, 0.3) is 0 Å². The quantitative estimate of drug-likeness (QED) is 0.399. The second-order valence-corrected chi connectivity index (χ2v) is 6.47. The minimum absolute atomic E-state index is 0.278. The van der Waals surface area contributed by atoms with Gasteiger partial charge in [-0.15, -0.1) is 0 Å². The number of hydrogen-bond acceptors (Lipinski definition) is 2. The van der Waals surface area contributed by atoms with Crippen LogP contribution in [0.25, 0.3) is 0 Å². The molecule has 0 aromatic rings. The molecule has 0 saturated carbocycles. The molecule has 1 fully saturated rings. The number of piperidine rings is 1. The van der Waals surface area contributed by atoms with Crippen LogP contribution in [0.2, 0.25) is 0 Å². The number of carbonyl (C=O) groups is 1. The molecule has 0 unspecified atom stereocenters. The first kappa shape index (κ1) is 18.8. The number of carboxylic acids is 1. The Kier molecular flexibility index (Phi) is 8.28. The molecule has 5 nitrogen and oxygen atoms in total. The normalized spacial score (nSPS) is 15.7. The summed E-state index contributed by atoms with van der Waals surface area (Å²) in [6.07, 6.45) is 6.14. The fraction of sp³-hybridized carbons (Fsp3) is 0.882. The van der Waals surface area contributed by atoms with E-state index in [9.17, 15) is 9.90 Å². The highest BCUT2D eigenvalue weighted by Gasteiger charge is 2.31. The van der Waals surface area contributed by atoms with Crippen LogP contribution in [0.4, 0.5) is 0 Å². The molecular weight excluding hydrogens is 278 g/mol. The first-order valence-corrected chi connectivity index (χ1v) is 8.76. The molecule has 0 aromatic carbocycles. The largest absolute Gasteiger partial charge is 0.550 e. The minimum atomic E-state index is -0.889. The summed E-state index contributed by atoms with van der Waals surface area (Å²) >= 11 is 0.